The zero-order chi connectivity index (χ0) is 5.11. The number of rotatable bonds is 0. The first-order valence-electron chi connectivity index (χ1n) is 2.20. The zero-order valence-electron chi connectivity index (χ0n) is 3.96. The van der Waals surface area contributed by atoms with Crippen LogP contribution in [0.2, 0.25) is 0 Å². The van der Waals surface area contributed by atoms with E-state index < -0.39 is 0 Å². The Kier molecular flexibility index (Phi) is 1.74. The molecule has 2 radical (unpaired) electrons. The summed E-state index contributed by atoms with van der Waals surface area (Å²) in [6, 6.07) is 10.5. The molecular formula is C6H6Sn. The molecular weight excluding hydrogens is 191 g/mol. The van der Waals surface area contributed by atoms with Gasteiger partial charge in [-0.1, -0.05) is 0 Å². The first kappa shape index (κ1) is 5.16. The normalized spacial score (nSPS) is 8.71. The summed E-state index contributed by atoms with van der Waals surface area (Å²) in [4.78, 5) is 0. The summed E-state index contributed by atoms with van der Waals surface area (Å²) in [6.45, 7) is 0. The average molecular weight is 197 g/mol. The van der Waals surface area contributed by atoms with Gasteiger partial charge in [-0.25, -0.2) is 0 Å². The second kappa shape index (κ2) is 2.36. The molecule has 0 heterocycles. The quantitative estimate of drug-likeness (QED) is 0.521. The molecule has 0 aliphatic rings. The monoisotopic (exact) mass is 198 g/mol. The molecule has 0 nitrogen and oxygen atoms in total. The van der Waals surface area contributed by atoms with Gasteiger partial charge < -0.3 is 0 Å². The second-order valence-corrected chi connectivity index (χ2v) is 3.31. The van der Waals surface area contributed by atoms with Gasteiger partial charge in [0.1, 0.15) is 0 Å². The van der Waals surface area contributed by atoms with Crippen molar-refractivity contribution < 1.29 is 0 Å². The summed E-state index contributed by atoms with van der Waals surface area (Å²) >= 11 is 1.23. The van der Waals surface area contributed by atoms with Crippen molar-refractivity contribution in [2.75, 3.05) is 0 Å². The molecule has 0 aromatic heterocycles. The van der Waals surface area contributed by atoms with Crippen LogP contribution in [0.15, 0.2) is 30.3 Å². The van der Waals surface area contributed by atoms with E-state index in [0.29, 0.717) is 0 Å². The van der Waals surface area contributed by atoms with Gasteiger partial charge in [-0.3, -0.25) is 0 Å². The van der Waals surface area contributed by atoms with E-state index >= 15 is 0 Å². The summed E-state index contributed by atoms with van der Waals surface area (Å²) in [5.41, 5.74) is 0. The number of benzene rings is 1. The van der Waals surface area contributed by atoms with Gasteiger partial charge in [-0.2, -0.15) is 0 Å². The van der Waals surface area contributed by atoms with Gasteiger partial charge in [0.2, 0.25) is 0 Å². The van der Waals surface area contributed by atoms with Crippen molar-refractivity contribution >= 4 is 26.1 Å². The molecule has 0 aliphatic heterocycles. The minimum absolute atomic E-state index is 1.23. The molecule has 0 saturated heterocycles. The first-order chi connectivity index (χ1) is 3.39. The van der Waals surface area contributed by atoms with Gasteiger partial charge in [0.25, 0.3) is 0 Å². The number of hydrogen-bond donors (Lipinski definition) is 0. The predicted octanol–water partition coefficient (Wildman–Crippen LogP) is 0.213. The molecule has 1 heteroatoms. The molecule has 0 spiro atoms. The van der Waals surface area contributed by atoms with E-state index in [1.165, 1.54) is 26.1 Å². The third-order valence-corrected chi connectivity index (χ3v) is 1.90. The van der Waals surface area contributed by atoms with Crippen LogP contribution >= 0.6 is 0 Å². The molecule has 1 rings (SSSR count). The summed E-state index contributed by atoms with van der Waals surface area (Å²) in [5, 5.41) is 0. The fourth-order valence-corrected chi connectivity index (χ4v) is 1.09. The van der Waals surface area contributed by atoms with Crippen LogP contribution in [0.1, 0.15) is 0 Å². The number of hydrogen-bond acceptors (Lipinski definition) is 0. The molecule has 7 heavy (non-hydrogen) atoms. The second-order valence-electron chi connectivity index (χ2n) is 1.41. The Hall–Kier alpha value is 0.0187. The van der Waals surface area contributed by atoms with Crippen LogP contribution in [-0.4, -0.2) is 22.5 Å². The fourth-order valence-electron chi connectivity index (χ4n) is 0.453. The van der Waals surface area contributed by atoms with Crippen molar-refractivity contribution in [2.45, 2.75) is 0 Å². The third kappa shape index (κ3) is 1.51. The minimum atomic E-state index is 1.23. The maximum atomic E-state index is 2.14. The van der Waals surface area contributed by atoms with Crippen LogP contribution in [0.25, 0.3) is 0 Å². The fraction of sp³-hybridized carbons (Fsp3) is 0. The van der Waals surface area contributed by atoms with Crippen LogP contribution in [-0.2, 0) is 0 Å². The van der Waals surface area contributed by atoms with Crippen LogP contribution in [0.5, 0.6) is 0 Å². The molecule has 0 saturated carbocycles. The van der Waals surface area contributed by atoms with Crippen molar-refractivity contribution in [1.82, 2.24) is 0 Å². The predicted molar refractivity (Wildman–Crippen MR) is 33.2 cm³/mol. The molecule has 0 N–H and O–H groups in total. The zero-order valence-corrected chi connectivity index (χ0v) is 7.26. The maximum absolute atomic E-state index is 2.14. The Balaban J connectivity index is 3.02. The SMILES string of the molecule is [SnH][c]1ccccc1. The summed E-state index contributed by atoms with van der Waals surface area (Å²) in [5.74, 6) is 0. The van der Waals surface area contributed by atoms with Gasteiger partial charge in [0.15, 0.2) is 0 Å². The van der Waals surface area contributed by atoms with E-state index in [1.54, 1.807) is 0 Å². The van der Waals surface area contributed by atoms with Gasteiger partial charge in [-0.05, 0) is 0 Å². The Morgan fingerprint density at radius 3 is 1.86 bits per heavy atom. The molecule has 0 atom stereocenters. The molecule has 1 aromatic carbocycles. The Bertz CT molecular complexity index is 134. The summed E-state index contributed by atoms with van der Waals surface area (Å²) in [7, 11) is 0. The molecule has 34 valence electrons. The van der Waals surface area contributed by atoms with Gasteiger partial charge in [-0.15, -0.1) is 0 Å². The first-order valence-corrected chi connectivity index (χ1v) is 3.85. The Morgan fingerprint density at radius 2 is 1.57 bits per heavy atom. The van der Waals surface area contributed by atoms with E-state index in [-0.39, 0.29) is 0 Å². The topological polar surface area (TPSA) is 0 Å². The van der Waals surface area contributed by atoms with Crippen molar-refractivity contribution in [1.29, 1.82) is 0 Å². The van der Waals surface area contributed by atoms with Crippen molar-refractivity contribution in [3.63, 3.8) is 0 Å². The molecule has 1 aromatic rings. The molecule has 0 unspecified atom stereocenters. The van der Waals surface area contributed by atoms with E-state index in [2.05, 4.69) is 24.3 Å². The van der Waals surface area contributed by atoms with E-state index in [9.17, 15) is 0 Å². The van der Waals surface area contributed by atoms with Crippen LogP contribution in [0.4, 0.5) is 0 Å². The van der Waals surface area contributed by atoms with E-state index in [4.69, 9.17) is 0 Å². The van der Waals surface area contributed by atoms with Crippen LogP contribution < -0.4 is 3.58 Å². The van der Waals surface area contributed by atoms with E-state index in [0.717, 1.165) is 0 Å². The van der Waals surface area contributed by atoms with E-state index in [1.807, 2.05) is 6.07 Å². The average Bonchev–Trinajstić information content (AvgIpc) is 1.69. The van der Waals surface area contributed by atoms with Crippen molar-refractivity contribution in [2.24, 2.45) is 0 Å². The van der Waals surface area contributed by atoms with Crippen LogP contribution in [0, 0.1) is 0 Å². The molecule has 0 aliphatic carbocycles. The van der Waals surface area contributed by atoms with Crippen LogP contribution in [0.3, 0.4) is 0 Å². The third-order valence-electron chi connectivity index (χ3n) is 0.800. The Labute approximate surface area is 56.6 Å². The summed E-state index contributed by atoms with van der Waals surface area (Å²) < 4.78 is 1.45. The molecule has 0 fully saturated rings. The Morgan fingerprint density at radius 1 is 1.00 bits per heavy atom. The standard InChI is InChI=1S/C6H5.Sn.H/c1-2-4-6-5-3-1;;/h1-5H;;. The van der Waals surface area contributed by atoms with Gasteiger partial charge >= 0.3 is 56.4 Å². The molecule has 0 amide bonds. The van der Waals surface area contributed by atoms with Crippen molar-refractivity contribution in [3.8, 4) is 0 Å². The van der Waals surface area contributed by atoms with Gasteiger partial charge in [0, 0.05) is 0 Å². The summed E-state index contributed by atoms with van der Waals surface area (Å²) in [6.07, 6.45) is 0. The molecule has 0 bridgehead atoms. The van der Waals surface area contributed by atoms with Gasteiger partial charge in [0.05, 0.1) is 0 Å². The van der Waals surface area contributed by atoms with Crippen molar-refractivity contribution in [3.05, 3.63) is 30.3 Å².